The lowest BCUT2D eigenvalue weighted by Crippen LogP contribution is -2.22. The van der Waals surface area contributed by atoms with Crippen molar-refractivity contribution >= 4 is 21.2 Å². The number of halogens is 1. The van der Waals surface area contributed by atoms with Crippen LogP contribution in [0.15, 0.2) is 46.2 Å². The number of nitrogens with zero attached hydrogens (tertiary/aromatic N) is 3. The highest BCUT2D eigenvalue weighted by atomic mass is 32.2. The molecule has 0 aliphatic heterocycles. The molecule has 7 nitrogen and oxygen atoms in total. The van der Waals surface area contributed by atoms with E-state index in [0.717, 1.165) is 10.7 Å². The van der Waals surface area contributed by atoms with Crippen molar-refractivity contribution in [3.8, 4) is 0 Å². The Labute approximate surface area is 131 Å². The van der Waals surface area contributed by atoms with E-state index in [9.17, 15) is 17.6 Å². The molecule has 1 aromatic carbocycles. The SMILES string of the molecule is Cc1nn(C)c(=O)c2cc(S(=O)(=O)Nc3ccccc3F)cn12. The number of hydrogen-bond donors (Lipinski definition) is 1. The number of hydrogen-bond acceptors (Lipinski definition) is 4. The van der Waals surface area contributed by atoms with Gasteiger partial charge in [-0.3, -0.25) is 13.9 Å². The number of nitrogens with one attached hydrogen (secondary N) is 1. The van der Waals surface area contributed by atoms with Gasteiger partial charge >= 0.3 is 0 Å². The third-order valence-electron chi connectivity index (χ3n) is 3.38. The monoisotopic (exact) mass is 336 g/mol. The Morgan fingerprint density at radius 2 is 1.96 bits per heavy atom. The molecule has 0 aliphatic rings. The number of fused-ring (bicyclic) bond motifs is 1. The molecule has 1 N–H and O–H groups in total. The van der Waals surface area contributed by atoms with Crippen LogP contribution < -0.4 is 10.3 Å². The molecule has 0 amide bonds. The molecule has 9 heteroatoms. The second-order valence-corrected chi connectivity index (χ2v) is 6.67. The lowest BCUT2D eigenvalue weighted by Gasteiger charge is -2.06. The molecule has 0 aliphatic carbocycles. The summed E-state index contributed by atoms with van der Waals surface area (Å²) in [5.41, 5.74) is -0.414. The van der Waals surface area contributed by atoms with Gasteiger partial charge in [-0.25, -0.2) is 17.5 Å². The first-order valence-corrected chi connectivity index (χ1v) is 8.11. The van der Waals surface area contributed by atoms with Crippen molar-refractivity contribution in [2.75, 3.05) is 4.72 Å². The summed E-state index contributed by atoms with van der Waals surface area (Å²) in [5.74, 6) is -0.233. The van der Waals surface area contributed by atoms with E-state index < -0.39 is 21.4 Å². The topological polar surface area (TPSA) is 85.5 Å². The van der Waals surface area contributed by atoms with Crippen LogP contribution in [-0.2, 0) is 17.1 Å². The van der Waals surface area contributed by atoms with E-state index in [1.165, 1.54) is 41.9 Å². The highest BCUT2D eigenvalue weighted by molar-refractivity contribution is 7.92. The van der Waals surface area contributed by atoms with E-state index in [4.69, 9.17) is 0 Å². The van der Waals surface area contributed by atoms with E-state index >= 15 is 0 Å². The van der Waals surface area contributed by atoms with Crippen molar-refractivity contribution in [1.82, 2.24) is 14.2 Å². The van der Waals surface area contributed by atoms with Gasteiger partial charge in [0.15, 0.2) is 0 Å². The quantitative estimate of drug-likeness (QED) is 0.781. The van der Waals surface area contributed by atoms with Gasteiger partial charge in [0, 0.05) is 13.2 Å². The van der Waals surface area contributed by atoms with Crippen LogP contribution in [0.5, 0.6) is 0 Å². The number of sulfonamides is 1. The average Bonchev–Trinajstić information content (AvgIpc) is 2.94. The Hall–Kier alpha value is -2.68. The molecule has 0 bridgehead atoms. The summed E-state index contributed by atoms with van der Waals surface area (Å²) < 4.78 is 43.1. The average molecular weight is 336 g/mol. The summed E-state index contributed by atoms with van der Waals surface area (Å²) in [6.45, 7) is 1.65. The predicted molar refractivity (Wildman–Crippen MR) is 82.4 cm³/mol. The van der Waals surface area contributed by atoms with E-state index in [1.807, 2.05) is 0 Å². The minimum atomic E-state index is -4.03. The minimum Gasteiger partial charge on any atom is -0.298 e. The smallest absolute Gasteiger partial charge is 0.290 e. The summed E-state index contributed by atoms with van der Waals surface area (Å²) in [5, 5.41) is 3.99. The lowest BCUT2D eigenvalue weighted by atomic mass is 10.3. The molecule has 0 saturated carbocycles. The maximum absolute atomic E-state index is 13.6. The molecule has 120 valence electrons. The summed E-state index contributed by atoms with van der Waals surface area (Å²) in [7, 11) is -2.55. The van der Waals surface area contributed by atoms with Crippen LogP contribution in [0, 0.1) is 12.7 Å². The minimum absolute atomic E-state index is 0.144. The van der Waals surface area contributed by atoms with Gasteiger partial charge in [0.1, 0.15) is 22.1 Å². The molecule has 2 heterocycles. The van der Waals surface area contributed by atoms with Crippen LogP contribution in [0.1, 0.15) is 5.82 Å². The molecule has 0 atom stereocenters. The third kappa shape index (κ3) is 2.59. The third-order valence-corrected chi connectivity index (χ3v) is 4.71. The van der Waals surface area contributed by atoms with Gasteiger partial charge in [0.25, 0.3) is 15.6 Å². The van der Waals surface area contributed by atoms with Gasteiger partial charge < -0.3 is 0 Å². The Balaban J connectivity index is 2.13. The lowest BCUT2D eigenvalue weighted by molar-refractivity contribution is 0.598. The molecule has 3 rings (SSSR count). The van der Waals surface area contributed by atoms with Gasteiger partial charge in [0.2, 0.25) is 0 Å². The first-order chi connectivity index (χ1) is 10.8. The Kier molecular flexibility index (Phi) is 3.44. The molecular formula is C14H13FN4O3S. The maximum Gasteiger partial charge on any atom is 0.290 e. The normalized spacial score (nSPS) is 11.8. The largest absolute Gasteiger partial charge is 0.298 e. The number of rotatable bonds is 3. The maximum atomic E-state index is 13.6. The molecule has 0 spiro atoms. The molecule has 0 fully saturated rings. The van der Waals surface area contributed by atoms with Gasteiger partial charge in [-0.15, -0.1) is 0 Å². The van der Waals surface area contributed by atoms with Crippen molar-refractivity contribution in [2.45, 2.75) is 11.8 Å². The second-order valence-electron chi connectivity index (χ2n) is 4.99. The standard InChI is InChI=1S/C14H13FN4O3S/c1-9-16-18(2)14(20)13-7-10(8-19(9)13)23(21,22)17-12-6-4-3-5-11(12)15/h3-8,17H,1-2H3. The van der Waals surface area contributed by atoms with Crippen LogP contribution in [0.3, 0.4) is 0 Å². The van der Waals surface area contributed by atoms with Crippen molar-refractivity contribution in [1.29, 1.82) is 0 Å². The zero-order valence-corrected chi connectivity index (χ0v) is 13.1. The van der Waals surface area contributed by atoms with Gasteiger partial charge in [-0.05, 0) is 25.1 Å². The van der Waals surface area contributed by atoms with Crippen molar-refractivity contribution < 1.29 is 12.8 Å². The number of benzene rings is 1. The fourth-order valence-corrected chi connectivity index (χ4v) is 3.33. The number of anilines is 1. The molecule has 23 heavy (non-hydrogen) atoms. The number of aryl methyl sites for hydroxylation is 2. The summed E-state index contributed by atoms with van der Waals surface area (Å²) in [6, 6.07) is 6.67. The Morgan fingerprint density at radius 3 is 2.65 bits per heavy atom. The van der Waals surface area contributed by atoms with Crippen molar-refractivity contribution in [2.24, 2.45) is 7.05 Å². The number of aromatic nitrogens is 3. The summed E-state index contributed by atoms with van der Waals surface area (Å²) in [4.78, 5) is 11.9. The van der Waals surface area contributed by atoms with Crippen LogP contribution in [0.4, 0.5) is 10.1 Å². The highest BCUT2D eigenvalue weighted by Crippen LogP contribution is 2.20. The van der Waals surface area contributed by atoms with Gasteiger partial charge in [-0.1, -0.05) is 12.1 Å². The van der Waals surface area contributed by atoms with E-state index in [-0.39, 0.29) is 16.1 Å². The molecule has 0 unspecified atom stereocenters. The molecule has 0 radical (unpaired) electrons. The molecule has 0 saturated heterocycles. The Bertz CT molecular complexity index is 1070. The summed E-state index contributed by atoms with van der Waals surface area (Å²) in [6.07, 6.45) is 1.28. The van der Waals surface area contributed by atoms with Crippen molar-refractivity contribution in [3.05, 3.63) is 58.5 Å². The summed E-state index contributed by atoms with van der Waals surface area (Å²) >= 11 is 0. The van der Waals surface area contributed by atoms with Crippen LogP contribution >= 0.6 is 0 Å². The highest BCUT2D eigenvalue weighted by Gasteiger charge is 2.20. The van der Waals surface area contributed by atoms with E-state index in [2.05, 4.69) is 9.82 Å². The second kappa shape index (κ2) is 5.20. The van der Waals surface area contributed by atoms with Crippen molar-refractivity contribution in [3.63, 3.8) is 0 Å². The Morgan fingerprint density at radius 1 is 1.26 bits per heavy atom. The molecule has 2 aromatic heterocycles. The zero-order chi connectivity index (χ0) is 16.8. The zero-order valence-electron chi connectivity index (χ0n) is 12.3. The first kappa shape index (κ1) is 15.2. The van der Waals surface area contributed by atoms with Crippen LogP contribution in [0.2, 0.25) is 0 Å². The fraction of sp³-hybridized carbons (Fsp3) is 0.143. The molecular weight excluding hydrogens is 323 g/mol. The van der Waals surface area contributed by atoms with Crippen LogP contribution in [-0.4, -0.2) is 22.6 Å². The van der Waals surface area contributed by atoms with Crippen LogP contribution in [0.25, 0.3) is 5.52 Å². The first-order valence-electron chi connectivity index (χ1n) is 6.63. The van der Waals surface area contributed by atoms with E-state index in [1.54, 1.807) is 6.92 Å². The van der Waals surface area contributed by atoms with Gasteiger partial charge in [0.05, 0.1) is 5.69 Å². The molecule has 3 aromatic rings. The fourth-order valence-electron chi connectivity index (χ4n) is 2.24. The van der Waals surface area contributed by atoms with Gasteiger partial charge in [-0.2, -0.15) is 5.10 Å². The predicted octanol–water partition coefficient (Wildman–Crippen LogP) is 1.28. The van der Waals surface area contributed by atoms with E-state index in [0.29, 0.717) is 5.82 Å². The number of para-hydroxylation sites is 1.